The molecule has 0 saturated carbocycles. The standard InChI is InChI=1S/C19H28N6O/c1-15-5-3-7-18(16(15)2)24-10-8-23(9-11-24)14-19-20-21-22-25(19)13-17-6-4-12-26-17/h3,5,7,17H,4,6,8-14H2,1-2H3/p+1/t17-/m1/s1. The molecule has 3 heterocycles. The maximum Gasteiger partial charge on any atom is 0.206 e. The van der Waals surface area contributed by atoms with E-state index >= 15 is 0 Å². The van der Waals surface area contributed by atoms with Crippen LogP contribution in [-0.2, 0) is 17.8 Å². The summed E-state index contributed by atoms with van der Waals surface area (Å²) in [5.74, 6) is 0.982. The Bertz CT molecular complexity index is 731. The van der Waals surface area contributed by atoms with Crippen LogP contribution in [0.1, 0.15) is 29.8 Å². The van der Waals surface area contributed by atoms with Crippen LogP contribution in [0.4, 0.5) is 5.69 Å². The third kappa shape index (κ3) is 3.73. The minimum atomic E-state index is 0.272. The highest BCUT2D eigenvalue weighted by Crippen LogP contribution is 2.22. The largest absolute Gasteiger partial charge is 0.376 e. The summed E-state index contributed by atoms with van der Waals surface area (Å²) in [6.07, 6.45) is 2.53. The van der Waals surface area contributed by atoms with E-state index in [2.05, 4.69) is 52.5 Å². The fourth-order valence-electron chi connectivity index (χ4n) is 4.02. The van der Waals surface area contributed by atoms with Crippen molar-refractivity contribution in [3.8, 4) is 0 Å². The first kappa shape index (κ1) is 17.4. The average Bonchev–Trinajstić information content (AvgIpc) is 3.31. The van der Waals surface area contributed by atoms with Crippen LogP contribution in [0, 0.1) is 13.8 Å². The molecule has 2 saturated heterocycles. The number of aryl methyl sites for hydroxylation is 1. The van der Waals surface area contributed by atoms with Crippen molar-refractivity contribution in [3.05, 3.63) is 35.2 Å². The fraction of sp³-hybridized carbons (Fsp3) is 0.632. The molecule has 140 valence electrons. The van der Waals surface area contributed by atoms with Gasteiger partial charge < -0.3 is 14.5 Å². The van der Waals surface area contributed by atoms with E-state index in [-0.39, 0.29) is 6.10 Å². The van der Waals surface area contributed by atoms with Crippen molar-refractivity contribution in [2.75, 3.05) is 37.7 Å². The average molecular weight is 357 g/mol. The van der Waals surface area contributed by atoms with Gasteiger partial charge in [0.05, 0.1) is 38.8 Å². The molecule has 0 bridgehead atoms. The third-order valence-corrected chi connectivity index (χ3v) is 5.80. The van der Waals surface area contributed by atoms with E-state index in [4.69, 9.17) is 4.74 Å². The summed E-state index contributed by atoms with van der Waals surface area (Å²) in [5, 5.41) is 12.3. The molecular weight excluding hydrogens is 328 g/mol. The van der Waals surface area contributed by atoms with E-state index in [1.807, 2.05) is 4.68 Å². The zero-order valence-corrected chi connectivity index (χ0v) is 15.8. The Morgan fingerprint density at radius 3 is 2.85 bits per heavy atom. The number of benzene rings is 1. The van der Waals surface area contributed by atoms with E-state index in [0.717, 1.165) is 64.5 Å². The molecule has 2 aromatic rings. The lowest BCUT2D eigenvalue weighted by Crippen LogP contribution is -3.13. The molecule has 7 nitrogen and oxygen atoms in total. The van der Waals surface area contributed by atoms with Crippen LogP contribution in [0.3, 0.4) is 0 Å². The second kappa shape index (κ2) is 7.72. The molecule has 26 heavy (non-hydrogen) atoms. The van der Waals surface area contributed by atoms with Crippen LogP contribution in [-0.4, -0.2) is 59.1 Å². The van der Waals surface area contributed by atoms with Gasteiger partial charge in [0.1, 0.15) is 6.54 Å². The Kier molecular flexibility index (Phi) is 5.17. The van der Waals surface area contributed by atoms with Crippen molar-refractivity contribution in [2.24, 2.45) is 0 Å². The Labute approximate surface area is 154 Å². The molecule has 4 rings (SSSR count). The van der Waals surface area contributed by atoms with Gasteiger partial charge in [0.2, 0.25) is 5.82 Å². The molecule has 1 atom stereocenters. The Balaban J connectivity index is 1.34. The highest BCUT2D eigenvalue weighted by molar-refractivity contribution is 5.56. The van der Waals surface area contributed by atoms with Gasteiger partial charge in [-0.15, -0.1) is 5.10 Å². The smallest absolute Gasteiger partial charge is 0.206 e. The Morgan fingerprint density at radius 2 is 2.08 bits per heavy atom. The molecule has 7 heteroatoms. The normalized spacial score (nSPS) is 21.5. The van der Waals surface area contributed by atoms with Crippen LogP contribution in [0.15, 0.2) is 18.2 Å². The number of rotatable bonds is 5. The number of anilines is 1. The molecule has 1 N–H and O–H groups in total. The molecule has 0 aliphatic carbocycles. The highest BCUT2D eigenvalue weighted by atomic mass is 16.5. The summed E-state index contributed by atoms with van der Waals surface area (Å²) in [5.41, 5.74) is 4.15. The zero-order valence-electron chi connectivity index (χ0n) is 15.8. The molecular formula is C19H29N6O+. The van der Waals surface area contributed by atoms with E-state index in [0.29, 0.717) is 0 Å². The number of aromatic nitrogens is 4. The van der Waals surface area contributed by atoms with Crippen LogP contribution in [0.2, 0.25) is 0 Å². The van der Waals surface area contributed by atoms with E-state index < -0.39 is 0 Å². The molecule has 0 amide bonds. The van der Waals surface area contributed by atoms with Gasteiger partial charge in [-0.2, -0.15) is 0 Å². The summed E-state index contributed by atoms with van der Waals surface area (Å²) < 4.78 is 7.67. The number of nitrogens with zero attached hydrogens (tertiary/aromatic N) is 5. The second-order valence-electron chi connectivity index (χ2n) is 7.55. The van der Waals surface area contributed by atoms with E-state index in [1.165, 1.54) is 16.8 Å². The molecule has 2 aliphatic heterocycles. The van der Waals surface area contributed by atoms with Crippen LogP contribution in [0.5, 0.6) is 0 Å². The SMILES string of the molecule is Cc1cccc(N2CC[NH+](Cc3nnnn3C[C@H]3CCCO3)CC2)c1C. The van der Waals surface area contributed by atoms with Crippen molar-refractivity contribution in [3.63, 3.8) is 0 Å². The van der Waals surface area contributed by atoms with E-state index in [1.54, 1.807) is 4.90 Å². The van der Waals surface area contributed by atoms with Gasteiger partial charge in [-0.3, -0.25) is 0 Å². The van der Waals surface area contributed by atoms with Gasteiger partial charge in [0.15, 0.2) is 0 Å². The summed E-state index contributed by atoms with van der Waals surface area (Å²) in [4.78, 5) is 4.07. The molecule has 0 spiro atoms. The molecule has 2 aliphatic rings. The zero-order chi connectivity index (χ0) is 17.9. The van der Waals surface area contributed by atoms with Crippen LogP contribution in [0.25, 0.3) is 0 Å². The highest BCUT2D eigenvalue weighted by Gasteiger charge is 2.25. The number of nitrogens with one attached hydrogen (secondary N) is 1. The topological polar surface area (TPSA) is 60.5 Å². The predicted molar refractivity (Wildman–Crippen MR) is 99.3 cm³/mol. The summed E-state index contributed by atoms with van der Waals surface area (Å²) in [6.45, 7) is 11.3. The quantitative estimate of drug-likeness (QED) is 0.838. The van der Waals surface area contributed by atoms with Crippen LogP contribution >= 0.6 is 0 Å². The Morgan fingerprint density at radius 1 is 1.23 bits per heavy atom. The molecule has 2 fully saturated rings. The molecule has 1 aromatic heterocycles. The van der Waals surface area contributed by atoms with Crippen molar-refractivity contribution >= 4 is 5.69 Å². The number of piperazine rings is 1. The van der Waals surface area contributed by atoms with Gasteiger partial charge in [0, 0.05) is 12.3 Å². The second-order valence-corrected chi connectivity index (χ2v) is 7.55. The van der Waals surface area contributed by atoms with Crippen molar-refractivity contribution in [1.29, 1.82) is 0 Å². The number of ether oxygens (including phenoxy) is 1. The number of quaternary nitrogens is 1. The van der Waals surface area contributed by atoms with E-state index in [9.17, 15) is 0 Å². The maximum absolute atomic E-state index is 5.73. The summed E-state index contributed by atoms with van der Waals surface area (Å²) in [7, 11) is 0. The Hall–Kier alpha value is -1.99. The third-order valence-electron chi connectivity index (χ3n) is 5.80. The fourth-order valence-corrected chi connectivity index (χ4v) is 4.02. The first-order valence-corrected chi connectivity index (χ1v) is 9.72. The van der Waals surface area contributed by atoms with Crippen molar-refractivity contribution in [2.45, 2.75) is 45.9 Å². The van der Waals surface area contributed by atoms with Gasteiger partial charge in [-0.25, -0.2) is 4.68 Å². The molecule has 1 aromatic carbocycles. The van der Waals surface area contributed by atoms with Gasteiger partial charge in [0.25, 0.3) is 0 Å². The maximum atomic E-state index is 5.73. The molecule has 0 unspecified atom stereocenters. The lowest BCUT2D eigenvalue weighted by molar-refractivity contribution is -0.915. The monoisotopic (exact) mass is 357 g/mol. The minimum Gasteiger partial charge on any atom is -0.376 e. The minimum absolute atomic E-state index is 0.272. The van der Waals surface area contributed by atoms with Crippen LogP contribution < -0.4 is 9.80 Å². The predicted octanol–water partition coefficient (Wildman–Crippen LogP) is 0.374. The van der Waals surface area contributed by atoms with Crippen molar-refractivity contribution < 1.29 is 9.64 Å². The summed E-state index contributed by atoms with van der Waals surface area (Å²) in [6, 6.07) is 6.60. The van der Waals surface area contributed by atoms with Gasteiger partial charge >= 0.3 is 0 Å². The lowest BCUT2D eigenvalue weighted by atomic mass is 10.1. The van der Waals surface area contributed by atoms with Gasteiger partial charge in [-0.1, -0.05) is 12.1 Å². The molecule has 0 radical (unpaired) electrons. The number of hydrogen-bond acceptors (Lipinski definition) is 5. The lowest BCUT2D eigenvalue weighted by Gasteiger charge is -2.34. The summed E-state index contributed by atoms with van der Waals surface area (Å²) >= 11 is 0. The van der Waals surface area contributed by atoms with Crippen molar-refractivity contribution in [1.82, 2.24) is 20.2 Å². The van der Waals surface area contributed by atoms with Gasteiger partial charge in [-0.05, 0) is 54.3 Å². The number of hydrogen-bond donors (Lipinski definition) is 1. The number of tetrazole rings is 1. The first-order valence-electron chi connectivity index (χ1n) is 9.72. The first-order chi connectivity index (χ1) is 12.7.